The highest BCUT2D eigenvalue weighted by Gasteiger charge is 2.31. The predicted molar refractivity (Wildman–Crippen MR) is 112 cm³/mol. The van der Waals surface area contributed by atoms with Crippen LogP contribution in [0.25, 0.3) is 10.8 Å². The van der Waals surface area contributed by atoms with E-state index in [1.807, 2.05) is 53.4 Å². The van der Waals surface area contributed by atoms with Gasteiger partial charge in [0.15, 0.2) is 11.5 Å². The van der Waals surface area contributed by atoms with Crippen molar-refractivity contribution < 1.29 is 14.3 Å². The van der Waals surface area contributed by atoms with E-state index in [4.69, 9.17) is 9.47 Å². The average molecular weight is 392 g/mol. The number of ether oxygens (including phenoxy) is 2. The minimum absolute atomic E-state index is 0.0363. The summed E-state index contributed by atoms with van der Waals surface area (Å²) in [7, 11) is 0. The maximum Gasteiger partial charge on any atom is 0.323 e. The smallest absolute Gasteiger partial charge is 0.323 e. The third-order valence-corrected chi connectivity index (χ3v) is 6.30. The summed E-state index contributed by atoms with van der Waals surface area (Å²) in [6.07, 6.45) is 0. The lowest BCUT2D eigenvalue weighted by atomic mass is 10.1. The van der Waals surface area contributed by atoms with Crippen molar-refractivity contribution in [1.82, 2.24) is 4.90 Å². The molecule has 1 fully saturated rings. The van der Waals surface area contributed by atoms with Gasteiger partial charge in [-0.15, -0.1) is 11.8 Å². The van der Waals surface area contributed by atoms with Gasteiger partial charge in [0.05, 0.1) is 5.69 Å². The number of nitrogens with one attached hydrogen (secondary N) is 1. The Balaban J connectivity index is 1.40. The molecule has 28 heavy (non-hydrogen) atoms. The number of hydrogen-bond donors (Lipinski definition) is 1. The van der Waals surface area contributed by atoms with Crippen molar-refractivity contribution in [2.45, 2.75) is 5.37 Å². The van der Waals surface area contributed by atoms with Gasteiger partial charge in [0.1, 0.15) is 18.6 Å². The Bertz CT molecular complexity index is 1030. The summed E-state index contributed by atoms with van der Waals surface area (Å²) in [5, 5.41) is 5.22. The van der Waals surface area contributed by atoms with Crippen LogP contribution in [0, 0.1) is 0 Å². The average Bonchev–Trinajstić information content (AvgIpc) is 3.24. The first kappa shape index (κ1) is 17.3. The van der Waals surface area contributed by atoms with Crippen molar-refractivity contribution in [3.05, 3.63) is 66.2 Å². The molecule has 2 amide bonds. The Morgan fingerprint density at radius 3 is 2.75 bits per heavy atom. The van der Waals surface area contributed by atoms with Gasteiger partial charge in [-0.3, -0.25) is 0 Å². The summed E-state index contributed by atoms with van der Waals surface area (Å²) in [6, 6.07) is 19.9. The molecule has 0 radical (unpaired) electrons. The van der Waals surface area contributed by atoms with Crippen molar-refractivity contribution in [3.63, 3.8) is 0 Å². The maximum absolute atomic E-state index is 13.1. The van der Waals surface area contributed by atoms with Gasteiger partial charge in [0.2, 0.25) is 0 Å². The van der Waals surface area contributed by atoms with Crippen molar-refractivity contribution in [3.8, 4) is 11.5 Å². The van der Waals surface area contributed by atoms with Crippen LogP contribution < -0.4 is 14.8 Å². The molecule has 2 aliphatic heterocycles. The SMILES string of the molecule is O=C(Nc1cccc2ccccc12)N1CCSC1c1ccc2c(c1)OCCO2. The summed E-state index contributed by atoms with van der Waals surface area (Å²) < 4.78 is 11.3. The molecule has 0 spiro atoms. The molecule has 1 N–H and O–H groups in total. The van der Waals surface area contributed by atoms with Gasteiger partial charge < -0.3 is 19.7 Å². The fourth-order valence-corrected chi connectivity index (χ4v) is 4.93. The highest BCUT2D eigenvalue weighted by Crippen LogP contribution is 2.42. The molecule has 3 aromatic carbocycles. The van der Waals surface area contributed by atoms with E-state index in [0.717, 1.165) is 39.3 Å². The normalized spacial score (nSPS) is 18.3. The first-order chi connectivity index (χ1) is 13.8. The van der Waals surface area contributed by atoms with E-state index in [9.17, 15) is 4.79 Å². The molecule has 2 aliphatic rings. The third kappa shape index (κ3) is 3.14. The number of amides is 2. The number of fused-ring (bicyclic) bond motifs is 2. The quantitative estimate of drug-likeness (QED) is 0.675. The predicted octanol–water partition coefficient (Wildman–Crippen LogP) is 4.89. The van der Waals surface area contributed by atoms with E-state index in [0.29, 0.717) is 19.8 Å². The van der Waals surface area contributed by atoms with Crippen LogP contribution in [0.5, 0.6) is 11.5 Å². The van der Waals surface area contributed by atoms with Crippen molar-refractivity contribution in [2.24, 2.45) is 0 Å². The summed E-state index contributed by atoms with van der Waals surface area (Å²) in [6.45, 7) is 1.84. The van der Waals surface area contributed by atoms with Crippen LogP contribution in [0.2, 0.25) is 0 Å². The molecule has 1 saturated heterocycles. The lowest BCUT2D eigenvalue weighted by Gasteiger charge is -2.26. The van der Waals surface area contributed by atoms with Crippen molar-refractivity contribution in [2.75, 3.05) is 30.8 Å². The molecule has 3 aromatic rings. The van der Waals surface area contributed by atoms with Crippen molar-refractivity contribution in [1.29, 1.82) is 0 Å². The minimum atomic E-state index is -0.0822. The molecule has 6 heteroatoms. The van der Waals surface area contributed by atoms with Crippen molar-refractivity contribution >= 4 is 34.3 Å². The van der Waals surface area contributed by atoms with Gasteiger partial charge in [-0.25, -0.2) is 4.79 Å². The first-order valence-corrected chi connectivity index (χ1v) is 10.4. The standard InChI is InChI=1S/C22H20N2O3S/c25-22(23-18-7-3-5-15-4-1-2-6-17(15)18)24-10-13-28-21(24)16-8-9-19-20(14-16)27-12-11-26-19/h1-9,14,21H,10-13H2,(H,23,25). The van der Waals surface area contributed by atoms with Gasteiger partial charge >= 0.3 is 6.03 Å². The van der Waals surface area contributed by atoms with E-state index in [1.165, 1.54) is 0 Å². The molecule has 5 rings (SSSR count). The zero-order valence-corrected chi connectivity index (χ0v) is 16.1. The number of rotatable bonds is 2. The molecule has 0 bridgehead atoms. The molecule has 1 unspecified atom stereocenters. The number of carbonyl (C=O) groups is 1. The van der Waals surface area contributed by atoms with Crippen LogP contribution in [0.15, 0.2) is 60.7 Å². The summed E-state index contributed by atoms with van der Waals surface area (Å²) in [5.41, 5.74) is 1.89. The van der Waals surface area contributed by atoms with E-state index < -0.39 is 0 Å². The number of benzene rings is 3. The fourth-order valence-electron chi connectivity index (χ4n) is 3.69. The van der Waals surface area contributed by atoms with E-state index >= 15 is 0 Å². The highest BCUT2D eigenvalue weighted by molar-refractivity contribution is 7.99. The van der Waals surface area contributed by atoms with Gasteiger partial charge in [-0.2, -0.15) is 0 Å². The van der Waals surface area contributed by atoms with Crippen LogP contribution >= 0.6 is 11.8 Å². The molecule has 1 atom stereocenters. The third-order valence-electron chi connectivity index (χ3n) is 5.03. The van der Waals surface area contributed by atoms with Gasteiger partial charge in [-0.05, 0) is 29.1 Å². The monoisotopic (exact) mass is 392 g/mol. The van der Waals surface area contributed by atoms with Gasteiger partial charge in [0, 0.05) is 17.7 Å². The molecule has 0 aliphatic carbocycles. The molecular weight excluding hydrogens is 372 g/mol. The second-order valence-corrected chi connectivity index (χ2v) is 7.96. The Morgan fingerprint density at radius 2 is 1.82 bits per heavy atom. The van der Waals surface area contributed by atoms with Crippen LogP contribution in [0.1, 0.15) is 10.9 Å². The number of carbonyl (C=O) groups excluding carboxylic acids is 1. The first-order valence-electron chi connectivity index (χ1n) is 9.36. The largest absolute Gasteiger partial charge is 0.486 e. The second-order valence-electron chi connectivity index (χ2n) is 6.78. The number of anilines is 1. The molecule has 0 aromatic heterocycles. The summed E-state index contributed by atoms with van der Waals surface area (Å²) >= 11 is 1.77. The fraction of sp³-hybridized carbons (Fsp3) is 0.227. The van der Waals surface area contributed by atoms with Crippen LogP contribution in [0.4, 0.5) is 10.5 Å². The van der Waals surface area contributed by atoms with Gasteiger partial charge in [-0.1, -0.05) is 42.5 Å². The number of hydrogen-bond acceptors (Lipinski definition) is 4. The Hall–Kier alpha value is -2.86. The molecule has 2 heterocycles. The molecule has 5 nitrogen and oxygen atoms in total. The van der Waals surface area contributed by atoms with Crippen LogP contribution in [-0.4, -0.2) is 36.4 Å². The topological polar surface area (TPSA) is 50.8 Å². The zero-order valence-electron chi connectivity index (χ0n) is 15.3. The Labute approximate surface area is 167 Å². The Kier molecular flexibility index (Phi) is 4.49. The summed E-state index contributed by atoms with van der Waals surface area (Å²) in [4.78, 5) is 15.0. The molecule has 0 saturated carbocycles. The van der Waals surface area contributed by atoms with Gasteiger partial charge in [0.25, 0.3) is 0 Å². The number of urea groups is 1. The highest BCUT2D eigenvalue weighted by atomic mass is 32.2. The van der Waals surface area contributed by atoms with Crippen LogP contribution in [0.3, 0.4) is 0 Å². The summed E-state index contributed by atoms with van der Waals surface area (Å²) in [5.74, 6) is 2.43. The second kappa shape index (κ2) is 7.28. The Morgan fingerprint density at radius 1 is 1.00 bits per heavy atom. The van der Waals surface area contributed by atoms with E-state index in [-0.39, 0.29) is 11.4 Å². The molecular formula is C22H20N2O3S. The molecule has 142 valence electrons. The zero-order chi connectivity index (χ0) is 18.9. The van der Waals surface area contributed by atoms with E-state index in [1.54, 1.807) is 11.8 Å². The maximum atomic E-state index is 13.1. The van der Waals surface area contributed by atoms with Crippen LogP contribution in [-0.2, 0) is 0 Å². The lowest BCUT2D eigenvalue weighted by molar-refractivity contribution is 0.171. The number of nitrogens with zero attached hydrogens (tertiary/aromatic N) is 1. The van der Waals surface area contributed by atoms with E-state index in [2.05, 4.69) is 17.4 Å². The minimum Gasteiger partial charge on any atom is -0.486 e. The lowest BCUT2D eigenvalue weighted by Crippen LogP contribution is -2.34. The number of thioether (sulfide) groups is 1.